The summed E-state index contributed by atoms with van der Waals surface area (Å²) < 4.78 is 5.77. The largest absolute Gasteiger partial charge is 0.374 e. The van der Waals surface area contributed by atoms with Gasteiger partial charge in [0, 0.05) is 7.11 Å². The Morgan fingerprint density at radius 2 is 1.19 bits per heavy atom. The predicted octanol–water partition coefficient (Wildman–Crippen LogP) is 1.90. The van der Waals surface area contributed by atoms with E-state index in [4.69, 9.17) is 4.74 Å². The summed E-state index contributed by atoms with van der Waals surface area (Å²) in [5.74, 6) is 0. The first-order valence-corrected chi connectivity index (χ1v) is 6.43. The maximum absolute atomic E-state index is 5.77. The van der Waals surface area contributed by atoms with Crippen LogP contribution >= 0.6 is 0 Å². The molecule has 2 aromatic carbocycles. The number of ether oxygens (including phenoxy) is 1. The van der Waals surface area contributed by atoms with Gasteiger partial charge in [0.2, 0.25) is 0 Å². The van der Waals surface area contributed by atoms with Gasteiger partial charge in [-0.3, -0.25) is 0 Å². The van der Waals surface area contributed by atoms with Crippen LogP contribution in [0.2, 0.25) is 0 Å². The molecule has 0 bridgehead atoms. The summed E-state index contributed by atoms with van der Waals surface area (Å²) in [7, 11) is 2.71. The highest BCUT2D eigenvalue weighted by molar-refractivity contribution is 6.17. The summed E-state index contributed by atoms with van der Waals surface area (Å²) in [4.78, 5) is 0. The minimum absolute atomic E-state index is 0.234. The van der Waals surface area contributed by atoms with E-state index < -0.39 is 0 Å². The topological polar surface area (TPSA) is 9.23 Å². The summed E-state index contributed by atoms with van der Waals surface area (Å²) in [5, 5.41) is -0.234. The third-order valence-corrected chi connectivity index (χ3v) is 4.62. The van der Waals surface area contributed by atoms with Crippen molar-refractivity contribution in [2.75, 3.05) is 7.11 Å². The molecule has 0 aromatic heterocycles. The smallest absolute Gasteiger partial charge is 0.0957 e. The molecule has 82 valence electrons. The lowest BCUT2D eigenvalue weighted by Gasteiger charge is -2.29. The zero-order valence-electron chi connectivity index (χ0n) is 9.68. The molecule has 0 aliphatic rings. The standard InChI is InChI=1S/C14H16OSi/c1-15-14(16,12-8-4-2-5-9-12)13-10-6-3-7-11-13/h2-11H,1,16H3. The van der Waals surface area contributed by atoms with Crippen molar-refractivity contribution in [3.8, 4) is 0 Å². The van der Waals surface area contributed by atoms with Gasteiger partial charge in [0.1, 0.15) is 0 Å². The molecule has 0 amide bonds. The van der Waals surface area contributed by atoms with E-state index in [1.807, 2.05) is 12.1 Å². The molecule has 0 fully saturated rings. The summed E-state index contributed by atoms with van der Waals surface area (Å²) in [5.41, 5.74) is 2.46. The van der Waals surface area contributed by atoms with Crippen molar-refractivity contribution in [1.82, 2.24) is 0 Å². The van der Waals surface area contributed by atoms with E-state index in [1.54, 1.807) is 7.11 Å². The maximum atomic E-state index is 5.77. The monoisotopic (exact) mass is 228 g/mol. The van der Waals surface area contributed by atoms with Gasteiger partial charge in [-0.2, -0.15) is 0 Å². The van der Waals surface area contributed by atoms with Crippen LogP contribution in [0.15, 0.2) is 60.7 Å². The third-order valence-electron chi connectivity index (χ3n) is 3.06. The van der Waals surface area contributed by atoms with E-state index in [9.17, 15) is 0 Å². The van der Waals surface area contributed by atoms with Gasteiger partial charge in [0.05, 0.1) is 15.5 Å². The fraction of sp³-hybridized carbons (Fsp3) is 0.143. The molecule has 2 heteroatoms. The van der Waals surface area contributed by atoms with Crippen molar-refractivity contribution in [3.63, 3.8) is 0 Å². The quantitative estimate of drug-likeness (QED) is 0.729. The molecule has 0 N–H and O–H groups in total. The minimum atomic E-state index is -0.234. The van der Waals surface area contributed by atoms with Crippen molar-refractivity contribution in [3.05, 3.63) is 71.8 Å². The first kappa shape index (κ1) is 11.1. The lowest BCUT2D eigenvalue weighted by Crippen LogP contribution is -2.30. The van der Waals surface area contributed by atoms with Crippen LogP contribution in [-0.2, 0) is 9.96 Å². The van der Waals surface area contributed by atoms with E-state index in [1.165, 1.54) is 11.1 Å². The van der Waals surface area contributed by atoms with Crippen LogP contribution in [0.1, 0.15) is 11.1 Å². The number of methoxy groups -OCH3 is 1. The predicted molar refractivity (Wildman–Crippen MR) is 70.6 cm³/mol. The summed E-state index contributed by atoms with van der Waals surface area (Å²) in [6.45, 7) is 0. The van der Waals surface area contributed by atoms with Gasteiger partial charge in [-0.1, -0.05) is 60.7 Å². The normalized spacial score (nSPS) is 11.6. The van der Waals surface area contributed by atoms with Gasteiger partial charge in [0.25, 0.3) is 0 Å². The third kappa shape index (κ3) is 1.94. The molecule has 0 spiro atoms. The molecular formula is C14H16OSi. The van der Waals surface area contributed by atoms with E-state index >= 15 is 0 Å². The highest BCUT2D eigenvalue weighted by atomic mass is 28.1. The molecule has 2 aromatic rings. The molecule has 0 aliphatic heterocycles. The fourth-order valence-electron chi connectivity index (χ4n) is 1.91. The molecular weight excluding hydrogens is 212 g/mol. The molecule has 0 atom stereocenters. The Morgan fingerprint density at radius 3 is 1.50 bits per heavy atom. The van der Waals surface area contributed by atoms with E-state index in [0.717, 1.165) is 10.2 Å². The van der Waals surface area contributed by atoms with Gasteiger partial charge in [-0.25, -0.2) is 0 Å². The first-order chi connectivity index (χ1) is 7.77. The van der Waals surface area contributed by atoms with E-state index in [-0.39, 0.29) is 5.22 Å². The molecule has 1 nitrogen and oxygen atoms in total. The Bertz CT molecular complexity index is 399. The van der Waals surface area contributed by atoms with Crippen LogP contribution < -0.4 is 0 Å². The van der Waals surface area contributed by atoms with Crippen LogP contribution in [0.5, 0.6) is 0 Å². The molecule has 0 saturated heterocycles. The summed E-state index contributed by atoms with van der Waals surface area (Å²) >= 11 is 0. The van der Waals surface area contributed by atoms with Crippen LogP contribution in [-0.4, -0.2) is 17.4 Å². The lowest BCUT2D eigenvalue weighted by molar-refractivity contribution is 0.0963. The Labute approximate surface area is 99.5 Å². The lowest BCUT2D eigenvalue weighted by atomic mass is 10.0. The summed E-state index contributed by atoms with van der Waals surface area (Å²) in [6, 6.07) is 20.8. The molecule has 0 heterocycles. The second kappa shape index (κ2) is 4.64. The summed E-state index contributed by atoms with van der Waals surface area (Å²) in [6.07, 6.45) is 0. The zero-order chi connectivity index (χ0) is 11.4. The first-order valence-electron chi connectivity index (χ1n) is 5.43. The number of hydrogen-bond acceptors (Lipinski definition) is 1. The molecule has 0 unspecified atom stereocenters. The average molecular weight is 228 g/mol. The minimum Gasteiger partial charge on any atom is -0.374 e. The number of hydrogen-bond donors (Lipinski definition) is 0. The van der Waals surface area contributed by atoms with Crippen molar-refractivity contribution in [1.29, 1.82) is 0 Å². The highest BCUT2D eigenvalue weighted by Gasteiger charge is 2.27. The average Bonchev–Trinajstić information content (AvgIpc) is 2.40. The Hall–Kier alpha value is -1.38. The van der Waals surface area contributed by atoms with Crippen LogP contribution in [0, 0.1) is 0 Å². The van der Waals surface area contributed by atoms with Crippen molar-refractivity contribution >= 4 is 10.2 Å². The molecule has 2 rings (SSSR count). The van der Waals surface area contributed by atoms with Gasteiger partial charge in [-0.15, -0.1) is 0 Å². The van der Waals surface area contributed by atoms with Crippen LogP contribution in [0.4, 0.5) is 0 Å². The van der Waals surface area contributed by atoms with Crippen molar-refractivity contribution in [2.45, 2.75) is 5.22 Å². The molecule has 0 saturated carbocycles. The van der Waals surface area contributed by atoms with Gasteiger partial charge < -0.3 is 4.74 Å². The van der Waals surface area contributed by atoms with Crippen LogP contribution in [0.25, 0.3) is 0 Å². The zero-order valence-corrected chi connectivity index (χ0v) is 11.7. The maximum Gasteiger partial charge on any atom is 0.0957 e. The van der Waals surface area contributed by atoms with Gasteiger partial charge in [0.15, 0.2) is 0 Å². The van der Waals surface area contributed by atoms with Gasteiger partial charge >= 0.3 is 0 Å². The van der Waals surface area contributed by atoms with Crippen molar-refractivity contribution in [2.24, 2.45) is 0 Å². The van der Waals surface area contributed by atoms with Gasteiger partial charge in [-0.05, 0) is 11.1 Å². The fourth-order valence-corrected chi connectivity index (χ4v) is 2.58. The van der Waals surface area contributed by atoms with E-state index in [2.05, 4.69) is 48.5 Å². The number of benzene rings is 2. The van der Waals surface area contributed by atoms with Crippen molar-refractivity contribution < 1.29 is 4.74 Å². The Balaban J connectivity index is 2.49. The second-order valence-corrected chi connectivity index (χ2v) is 5.38. The second-order valence-electron chi connectivity index (χ2n) is 3.97. The Kier molecular flexibility index (Phi) is 3.22. The molecule has 0 radical (unpaired) electrons. The van der Waals surface area contributed by atoms with Crippen LogP contribution in [0.3, 0.4) is 0 Å². The number of rotatable bonds is 3. The van der Waals surface area contributed by atoms with E-state index in [0.29, 0.717) is 0 Å². The SMILES string of the molecule is COC([SiH3])(c1ccccc1)c1ccccc1. The molecule has 16 heavy (non-hydrogen) atoms. The highest BCUT2D eigenvalue weighted by Crippen LogP contribution is 2.29. The Morgan fingerprint density at radius 1 is 0.812 bits per heavy atom. The molecule has 0 aliphatic carbocycles.